The van der Waals surface area contributed by atoms with E-state index in [0.717, 1.165) is 53.9 Å². The number of piperazine rings is 1. The summed E-state index contributed by atoms with van der Waals surface area (Å²) in [6.45, 7) is 4.45. The van der Waals surface area contributed by atoms with Crippen molar-refractivity contribution in [2.24, 2.45) is 0 Å². The molecule has 1 atom stereocenters. The van der Waals surface area contributed by atoms with Gasteiger partial charge in [0.1, 0.15) is 5.75 Å². The van der Waals surface area contributed by atoms with Gasteiger partial charge in [0.15, 0.2) is 5.82 Å². The van der Waals surface area contributed by atoms with Gasteiger partial charge in [0, 0.05) is 31.2 Å². The van der Waals surface area contributed by atoms with Crippen LogP contribution in [0, 0.1) is 0 Å². The smallest absolute Gasteiger partial charge is 0.173 e. The third-order valence-electron chi connectivity index (χ3n) is 5.40. The number of tetrazole rings is 1. The molecule has 0 radical (unpaired) electrons. The highest BCUT2D eigenvalue weighted by Gasteiger charge is 2.31. The first-order valence-electron chi connectivity index (χ1n) is 9.71. The van der Waals surface area contributed by atoms with E-state index in [4.69, 9.17) is 16.3 Å². The van der Waals surface area contributed by atoms with Crippen molar-refractivity contribution >= 4 is 11.6 Å². The van der Waals surface area contributed by atoms with Crippen LogP contribution in [0.15, 0.2) is 48.5 Å². The number of likely N-dealkylation sites (N-methyl/N-ethyl adjacent to an activating group) is 1. The molecular weight excluding hydrogens is 388 g/mol. The van der Waals surface area contributed by atoms with Crippen LogP contribution >= 0.6 is 11.6 Å². The SMILES string of the molecule is COc1ccc(Cn2nnnc2[C@@H](c2ccccc2Cl)N2CCN(C)CC2)cc1. The van der Waals surface area contributed by atoms with Gasteiger partial charge >= 0.3 is 0 Å². The molecule has 3 aromatic rings. The van der Waals surface area contributed by atoms with Gasteiger partial charge in [-0.1, -0.05) is 41.9 Å². The second kappa shape index (κ2) is 8.90. The summed E-state index contributed by atoms with van der Waals surface area (Å²) in [7, 11) is 3.81. The number of hydrogen-bond donors (Lipinski definition) is 0. The third-order valence-corrected chi connectivity index (χ3v) is 5.74. The van der Waals surface area contributed by atoms with Gasteiger partial charge in [-0.25, -0.2) is 4.68 Å². The molecule has 7 nitrogen and oxygen atoms in total. The number of rotatable bonds is 6. The summed E-state index contributed by atoms with van der Waals surface area (Å²) in [5.41, 5.74) is 2.14. The first-order chi connectivity index (χ1) is 14.2. The van der Waals surface area contributed by atoms with E-state index in [9.17, 15) is 0 Å². The van der Waals surface area contributed by atoms with E-state index >= 15 is 0 Å². The number of nitrogens with zero attached hydrogens (tertiary/aromatic N) is 6. The van der Waals surface area contributed by atoms with Crippen molar-refractivity contribution < 1.29 is 4.74 Å². The zero-order valence-corrected chi connectivity index (χ0v) is 17.5. The average molecular weight is 413 g/mol. The molecule has 0 amide bonds. The Morgan fingerprint density at radius 1 is 1.03 bits per heavy atom. The molecule has 1 saturated heterocycles. The van der Waals surface area contributed by atoms with E-state index in [1.807, 2.05) is 47.1 Å². The lowest BCUT2D eigenvalue weighted by atomic mass is 10.0. The molecular formula is C21H25ClN6O. The molecule has 8 heteroatoms. The maximum Gasteiger partial charge on any atom is 0.173 e. The molecule has 29 heavy (non-hydrogen) atoms. The Balaban J connectivity index is 1.68. The zero-order valence-electron chi connectivity index (χ0n) is 16.7. The molecule has 1 fully saturated rings. The van der Waals surface area contributed by atoms with Gasteiger partial charge in [0.2, 0.25) is 0 Å². The van der Waals surface area contributed by atoms with Gasteiger partial charge in [-0.3, -0.25) is 4.90 Å². The largest absolute Gasteiger partial charge is 0.497 e. The Bertz CT molecular complexity index is 936. The van der Waals surface area contributed by atoms with E-state index in [-0.39, 0.29) is 6.04 Å². The minimum Gasteiger partial charge on any atom is -0.497 e. The molecule has 0 N–H and O–H groups in total. The summed E-state index contributed by atoms with van der Waals surface area (Å²) in [5.74, 6) is 1.63. The maximum atomic E-state index is 6.60. The lowest BCUT2D eigenvalue weighted by molar-refractivity contribution is 0.122. The van der Waals surface area contributed by atoms with E-state index in [1.165, 1.54) is 0 Å². The molecule has 1 aromatic heterocycles. The minimum atomic E-state index is -0.0920. The number of hydrogen-bond acceptors (Lipinski definition) is 6. The second-order valence-electron chi connectivity index (χ2n) is 7.31. The molecule has 1 aliphatic heterocycles. The van der Waals surface area contributed by atoms with Gasteiger partial charge in [0.25, 0.3) is 0 Å². The van der Waals surface area contributed by atoms with Crippen LogP contribution in [0.1, 0.15) is 23.0 Å². The molecule has 0 aliphatic carbocycles. The molecule has 0 unspecified atom stereocenters. The zero-order chi connectivity index (χ0) is 20.2. The Labute approximate surface area is 175 Å². The first-order valence-corrected chi connectivity index (χ1v) is 10.1. The molecule has 152 valence electrons. The predicted molar refractivity (Wildman–Crippen MR) is 112 cm³/mol. The number of halogens is 1. The lowest BCUT2D eigenvalue weighted by Crippen LogP contribution is -2.46. The van der Waals surface area contributed by atoms with Crippen molar-refractivity contribution in [1.29, 1.82) is 0 Å². The Kier molecular flexibility index (Phi) is 6.08. The monoisotopic (exact) mass is 412 g/mol. The van der Waals surface area contributed by atoms with E-state index in [2.05, 4.69) is 38.4 Å². The van der Waals surface area contributed by atoms with Crippen LogP contribution in [0.3, 0.4) is 0 Å². The van der Waals surface area contributed by atoms with Gasteiger partial charge in [0.05, 0.1) is 19.7 Å². The van der Waals surface area contributed by atoms with Gasteiger partial charge in [-0.05, 0) is 46.8 Å². The van der Waals surface area contributed by atoms with Crippen molar-refractivity contribution in [3.63, 3.8) is 0 Å². The summed E-state index contributed by atoms with van der Waals surface area (Å²) >= 11 is 6.60. The average Bonchev–Trinajstić information content (AvgIpc) is 3.19. The van der Waals surface area contributed by atoms with Crippen LogP contribution in [-0.2, 0) is 6.54 Å². The number of benzene rings is 2. The normalized spacial score (nSPS) is 16.7. The fraction of sp³-hybridized carbons (Fsp3) is 0.381. The molecule has 2 aromatic carbocycles. The van der Waals surface area contributed by atoms with Crippen molar-refractivity contribution in [1.82, 2.24) is 30.0 Å². The Morgan fingerprint density at radius 2 is 1.76 bits per heavy atom. The van der Waals surface area contributed by atoms with Crippen LogP contribution in [0.25, 0.3) is 0 Å². The summed E-state index contributed by atoms with van der Waals surface area (Å²) in [6, 6.07) is 15.8. The molecule has 2 heterocycles. The number of methoxy groups -OCH3 is 1. The first kappa shape index (κ1) is 19.8. The van der Waals surface area contributed by atoms with Crippen LogP contribution in [0.2, 0.25) is 5.02 Å². The Hall–Kier alpha value is -2.48. The standard InChI is InChI=1S/C21H25ClN6O/c1-26-11-13-27(14-12-26)20(18-5-3-4-6-19(18)22)21-23-24-25-28(21)15-16-7-9-17(29-2)10-8-16/h3-10,20H,11-15H2,1-2H3/t20-/m1/s1. The lowest BCUT2D eigenvalue weighted by Gasteiger charge is -2.37. The van der Waals surface area contributed by atoms with E-state index < -0.39 is 0 Å². The van der Waals surface area contributed by atoms with Crippen molar-refractivity contribution in [2.75, 3.05) is 40.3 Å². The van der Waals surface area contributed by atoms with Gasteiger partial charge < -0.3 is 9.64 Å². The maximum absolute atomic E-state index is 6.60. The molecule has 0 spiro atoms. The van der Waals surface area contributed by atoms with E-state index in [0.29, 0.717) is 6.54 Å². The Morgan fingerprint density at radius 3 is 2.45 bits per heavy atom. The molecule has 0 saturated carbocycles. The highest BCUT2D eigenvalue weighted by atomic mass is 35.5. The summed E-state index contributed by atoms with van der Waals surface area (Å²) in [4.78, 5) is 4.75. The summed E-state index contributed by atoms with van der Waals surface area (Å²) in [6.07, 6.45) is 0. The summed E-state index contributed by atoms with van der Waals surface area (Å²) in [5, 5.41) is 13.4. The number of ether oxygens (including phenoxy) is 1. The van der Waals surface area contributed by atoms with Crippen LogP contribution in [0.5, 0.6) is 5.75 Å². The minimum absolute atomic E-state index is 0.0920. The topological polar surface area (TPSA) is 59.3 Å². The molecule has 0 bridgehead atoms. The predicted octanol–water partition coefficient (Wildman–Crippen LogP) is 2.72. The fourth-order valence-corrected chi connectivity index (χ4v) is 3.94. The van der Waals surface area contributed by atoms with Crippen LogP contribution in [0.4, 0.5) is 0 Å². The van der Waals surface area contributed by atoms with E-state index in [1.54, 1.807) is 7.11 Å². The highest BCUT2D eigenvalue weighted by molar-refractivity contribution is 6.31. The van der Waals surface area contributed by atoms with Crippen LogP contribution < -0.4 is 4.74 Å². The fourth-order valence-electron chi connectivity index (χ4n) is 3.70. The van der Waals surface area contributed by atoms with Crippen LogP contribution in [-0.4, -0.2) is 70.3 Å². The number of aromatic nitrogens is 4. The molecule has 1 aliphatic rings. The van der Waals surface area contributed by atoms with Crippen molar-refractivity contribution in [3.8, 4) is 5.75 Å². The quantitative estimate of drug-likeness (QED) is 0.620. The summed E-state index contributed by atoms with van der Waals surface area (Å²) < 4.78 is 7.12. The highest BCUT2D eigenvalue weighted by Crippen LogP contribution is 2.32. The van der Waals surface area contributed by atoms with Crippen molar-refractivity contribution in [2.45, 2.75) is 12.6 Å². The van der Waals surface area contributed by atoms with Gasteiger partial charge in [-0.2, -0.15) is 0 Å². The second-order valence-corrected chi connectivity index (χ2v) is 7.71. The third kappa shape index (κ3) is 4.42. The van der Waals surface area contributed by atoms with Gasteiger partial charge in [-0.15, -0.1) is 5.10 Å². The van der Waals surface area contributed by atoms with Crippen molar-refractivity contribution in [3.05, 3.63) is 70.5 Å². The molecule has 4 rings (SSSR count).